The molecule has 1 aliphatic heterocycles. The number of rotatable bonds is 6. The Kier molecular flexibility index (Phi) is 6.73. The fourth-order valence-electron chi connectivity index (χ4n) is 2.84. The molecule has 1 saturated heterocycles. The Bertz CT molecular complexity index is 810. The summed E-state index contributed by atoms with van der Waals surface area (Å²) >= 11 is 2.12. The number of halogens is 1. The van der Waals surface area contributed by atoms with Crippen molar-refractivity contribution < 1.29 is 19.0 Å². The average molecular weight is 483 g/mol. The molecule has 27 heavy (non-hydrogen) atoms. The van der Waals surface area contributed by atoms with Gasteiger partial charge in [-0.25, -0.2) is 4.98 Å². The van der Waals surface area contributed by atoms with Crippen molar-refractivity contribution in [3.05, 3.63) is 45.2 Å². The van der Waals surface area contributed by atoms with E-state index >= 15 is 0 Å². The first-order valence-corrected chi connectivity index (χ1v) is 9.67. The number of ether oxygens (including phenoxy) is 3. The molecule has 1 N–H and O–H groups in total. The fraction of sp³-hybridized carbons (Fsp3) is 0.368. The number of pyridine rings is 1. The number of hydrogen-bond acceptors (Lipinski definition) is 6. The summed E-state index contributed by atoms with van der Waals surface area (Å²) in [5.41, 5.74) is 1.55. The van der Waals surface area contributed by atoms with Gasteiger partial charge in [-0.3, -0.25) is 4.79 Å². The highest BCUT2D eigenvalue weighted by Crippen LogP contribution is 2.31. The van der Waals surface area contributed by atoms with E-state index in [2.05, 4.69) is 37.8 Å². The summed E-state index contributed by atoms with van der Waals surface area (Å²) in [5, 5.41) is 2.96. The van der Waals surface area contributed by atoms with Crippen LogP contribution in [0.25, 0.3) is 0 Å². The van der Waals surface area contributed by atoms with Crippen molar-refractivity contribution in [2.24, 2.45) is 0 Å². The van der Waals surface area contributed by atoms with E-state index in [1.54, 1.807) is 32.5 Å². The molecule has 0 atom stereocenters. The number of anilines is 1. The first-order chi connectivity index (χ1) is 13.1. The number of benzene rings is 1. The minimum Gasteiger partial charge on any atom is -0.493 e. The molecule has 1 amide bonds. The zero-order valence-corrected chi connectivity index (χ0v) is 17.5. The normalized spacial score (nSPS) is 14.0. The lowest BCUT2D eigenvalue weighted by molar-refractivity contribution is 0.0949. The van der Waals surface area contributed by atoms with Crippen molar-refractivity contribution in [3.8, 4) is 11.5 Å². The second kappa shape index (κ2) is 9.23. The Morgan fingerprint density at radius 3 is 2.63 bits per heavy atom. The van der Waals surface area contributed by atoms with Crippen LogP contribution in [-0.4, -0.2) is 51.4 Å². The zero-order valence-electron chi connectivity index (χ0n) is 15.3. The number of morpholine rings is 1. The van der Waals surface area contributed by atoms with Crippen LogP contribution >= 0.6 is 22.6 Å². The Hall–Kier alpha value is -2.07. The summed E-state index contributed by atoms with van der Waals surface area (Å²) in [5.74, 6) is 1.88. The molecular weight excluding hydrogens is 461 g/mol. The molecule has 0 saturated carbocycles. The Morgan fingerprint density at radius 1 is 1.22 bits per heavy atom. The highest BCUT2D eigenvalue weighted by Gasteiger charge is 2.16. The van der Waals surface area contributed by atoms with E-state index in [-0.39, 0.29) is 5.91 Å². The van der Waals surface area contributed by atoms with Gasteiger partial charge in [0.2, 0.25) is 0 Å². The number of amides is 1. The van der Waals surface area contributed by atoms with E-state index in [1.165, 1.54) is 0 Å². The number of carbonyl (C=O) groups is 1. The monoisotopic (exact) mass is 483 g/mol. The van der Waals surface area contributed by atoms with E-state index in [0.29, 0.717) is 36.8 Å². The number of aromatic nitrogens is 1. The van der Waals surface area contributed by atoms with Gasteiger partial charge in [0.05, 0.1) is 33.0 Å². The highest BCUT2D eigenvalue weighted by atomic mass is 127. The largest absolute Gasteiger partial charge is 0.493 e. The number of nitrogens with zero attached hydrogens (tertiary/aromatic N) is 2. The lowest BCUT2D eigenvalue weighted by Gasteiger charge is -2.28. The van der Waals surface area contributed by atoms with Crippen LogP contribution in [0.4, 0.5) is 5.82 Å². The summed E-state index contributed by atoms with van der Waals surface area (Å²) < 4.78 is 16.7. The van der Waals surface area contributed by atoms with Gasteiger partial charge in [-0.05, 0) is 52.4 Å². The maximum Gasteiger partial charge on any atom is 0.252 e. The first kappa shape index (κ1) is 19.7. The van der Waals surface area contributed by atoms with E-state index in [0.717, 1.165) is 28.0 Å². The van der Waals surface area contributed by atoms with E-state index < -0.39 is 0 Å². The highest BCUT2D eigenvalue weighted by molar-refractivity contribution is 14.1. The van der Waals surface area contributed by atoms with Gasteiger partial charge in [0, 0.05) is 29.4 Å². The molecule has 0 aliphatic carbocycles. The average Bonchev–Trinajstić information content (AvgIpc) is 2.72. The lowest BCUT2D eigenvalue weighted by Crippen LogP contribution is -2.36. The molecule has 1 aromatic heterocycles. The number of methoxy groups -OCH3 is 2. The van der Waals surface area contributed by atoms with Crippen LogP contribution in [0.1, 0.15) is 15.9 Å². The van der Waals surface area contributed by atoms with Crippen LogP contribution < -0.4 is 19.7 Å². The van der Waals surface area contributed by atoms with Gasteiger partial charge < -0.3 is 24.4 Å². The fourth-order valence-corrected chi connectivity index (χ4v) is 3.53. The summed E-state index contributed by atoms with van der Waals surface area (Å²) in [6, 6.07) is 7.40. The van der Waals surface area contributed by atoms with Crippen LogP contribution in [0.15, 0.2) is 30.5 Å². The van der Waals surface area contributed by atoms with Crippen LogP contribution in [0.2, 0.25) is 0 Å². The van der Waals surface area contributed by atoms with Crippen molar-refractivity contribution in [1.29, 1.82) is 0 Å². The second-order valence-electron chi connectivity index (χ2n) is 5.99. The summed E-state index contributed by atoms with van der Waals surface area (Å²) in [4.78, 5) is 19.3. The van der Waals surface area contributed by atoms with Gasteiger partial charge in [-0.1, -0.05) is 0 Å². The minimum absolute atomic E-state index is 0.162. The lowest BCUT2D eigenvalue weighted by atomic mass is 10.1. The zero-order chi connectivity index (χ0) is 19.2. The molecular formula is C19H22IN3O4. The number of carbonyl (C=O) groups excluding carboxylic acids is 1. The second-order valence-corrected chi connectivity index (χ2v) is 7.15. The molecule has 1 fully saturated rings. The molecule has 1 aliphatic rings. The van der Waals surface area contributed by atoms with Gasteiger partial charge in [0.1, 0.15) is 5.82 Å². The third kappa shape index (κ3) is 4.81. The number of nitrogens with one attached hydrogen (secondary N) is 1. The van der Waals surface area contributed by atoms with Crippen molar-refractivity contribution >= 4 is 34.3 Å². The smallest absolute Gasteiger partial charge is 0.252 e. The molecule has 7 nitrogen and oxygen atoms in total. The maximum absolute atomic E-state index is 12.6. The third-order valence-corrected chi connectivity index (χ3v) is 5.21. The van der Waals surface area contributed by atoms with Crippen LogP contribution in [0, 0.1) is 3.57 Å². The van der Waals surface area contributed by atoms with Crippen LogP contribution in [0.5, 0.6) is 11.5 Å². The Labute approximate surface area is 172 Å². The molecule has 0 unspecified atom stereocenters. The molecule has 3 rings (SSSR count). The Morgan fingerprint density at radius 2 is 1.93 bits per heavy atom. The molecule has 2 heterocycles. The Balaban J connectivity index is 1.69. The van der Waals surface area contributed by atoms with Gasteiger partial charge in [0.15, 0.2) is 11.5 Å². The summed E-state index contributed by atoms with van der Waals surface area (Å²) in [7, 11) is 3.12. The minimum atomic E-state index is -0.162. The standard InChI is InChI=1S/C19H22IN3O4/c1-25-16-10-14(15(20)11-17(16)26-2)19(24)22-12-13-3-4-21-18(9-13)23-5-7-27-8-6-23/h3-4,9-11H,5-8,12H2,1-2H3,(H,22,24). The summed E-state index contributed by atoms with van der Waals surface area (Å²) in [6.45, 7) is 3.49. The van der Waals surface area contributed by atoms with Crippen molar-refractivity contribution in [2.75, 3.05) is 45.4 Å². The van der Waals surface area contributed by atoms with Gasteiger partial charge in [-0.2, -0.15) is 0 Å². The van der Waals surface area contributed by atoms with Gasteiger partial charge in [-0.15, -0.1) is 0 Å². The predicted molar refractivity (Wildman–Crippen MR) is 111 cm³/mol. The SMILES string of the molecule is COc1cc(I)c(C(=O)NCc2ccnc(N3CCOCC3)c2)cc1OC. The molecule has 0 bridgehead atoms. The van der Waals surface area contributed by atoms with E-state index in [4.69, 9.17) is 14.2 Å². The summed E-state index contributed by atoms with van der Waals surface area (Å²) in [6.07, 6.45) is 1.77. The molecule has 0 spiro atoms. The maximum atomic E-state index is 12.6. The first-order valence-electron chi connectivity index (χ1n) is 8.59. The van der Waals surface area contributed by atoms with Crippen molar-refractivity contribution in [1.82, 2.24) is 10.3 Å². The molecule has 2 aromatic rings. The van der Waals surface area contributed by atoms with Crippen molar-refractivity contribution in [2.45, 2.75) is 6.54 Å². The van der Waals surface area contributed by atoms with Gasteiger partial charge in [0.25, 0.3) is 5.91 Å². The third-order valence-electron chi connectivity index (χ3n) is 4.32. The van der Waals surface area contributed by atoms with Crippen molar-refractivity contribution in [3.63, 3.8) is 0 Å². The predicted octanol–water partition coefficient (Wildman–Crippen LogP) is 2.47. The molecule has 144 valence electrons. The van der Waals surface area contributed by atoms with E-state index in [1.807, 2.05) is 12.1 Å². The van der Waals surface area contributed by atoms with Crippen LogP contribution in [0.3, 0.4) is 0 Å². The number of hydrogen-bond donors (Lipinski definition) is 1. The molecule has 0 radical (unpaired) electrons. The topological polar surface area (TPSA) is 72.9 Å². The molecule has 8 heteroatoms. The molecule has 1 aromatic carbocycles. The van der Waals surface area contributed by atoms with Gasteiger partial charge >= 0.3 is 0 Å². The van der Waals surface area contributed by atoms with Crippen LogP contribution in [-0.2, 0) is 11.3 Å². The van der Waals surface area contributed by atoms with E-state index in [9.17, 15) is 4.79 Å². The quantitative estimate of drug-likeness (QED) is 0.637.